The Kier molecular flexibility index (Phi) is 3.86. The van der Waals surface area contributed by atoms with Crippen LogP contribution in [0, 0.1) is 0 Å². The summed E-state index contributed by atoms with van der Waals surface area (Å²) in [4.78, 5) is 14.2. The molecule has 0 saturated carbocycles. The Morgan fingerprint density at radius 1 is 1.41 bits per heavy atom. The van der Waals surface area contributed by atoms with Gasteiger partial charge in [-0.2, -0.15) is 0 Å². The van der Waals surface area contributed by atoms with E-state index in [9.17, 15) is 4.79 Å². The molecule has 0 N–H and O–H groups in total. The van der Waals surface area contributed by atoms with Crippen molar-refractivity contribution in [2.45, 2.75) is 13.0 Å². The van der Waals surface area contributed by atoms with Gasteiger partial charge in [0.1, 0.15) is 0 Å². The van der Waals surface area contributed by atoms with Crippen molar-refractivity contribution in [3.05, 3.63) is 33.6 Å². The first-order valence-electron chi connectivity index (χ1n) is 5.52. The number of hydrogen-bond acceptors (Lipinski definition) is 3. The Balaban J connectivity index is 2.23. The van der Waals surface area contributed by atoms with Gasteiger partial charge in [0.2, 0.25) is 0 Å². The first kappa shape index (κ1) is 12.6. The molecule has 5 heteroatoms. The summed E-state index contributed by atoms with van der Waals surface area (Å²) in [6.07, 6.45) is 0.980. The molecule has 0 fully saturated rings. The van der Waals surface area contributed by atoms with Gasteiger partial charge in [0.05, 0.1) is 10.1 Å². The standard InChI is InChI=1S/C12H15ClN2OS/c1-14(2)6-3-7-15-12(16)10-5-4-9(13)8-11(10)17-15/h4-5,8H,3,6-7H2,1-2H3. The van der Waals surface area contributed by atoms with Crippen LogP contribution in [-0.2, 0) is 6.54 Å². The number of aryl methyl sites for hydroxylation is 1. The quantitative estimate of drug-likeness (QED) is 0.853. The number of aromatic nitrogens is 1. The Morgan fingerprint density at radius 2 is 2.18 bits per heavy atom. The van der Waals surface area contributed by atoms with Gasteiger partial charge in [-0.05, 0) is 45.3 Å². The SMILES string of the molecule is CN(C)CCCn1sc2cc(Cl)ccc2c1=O. The first-order chi connectivity index (χ1) is 8.08. The zero-order chi connectivity index (χ0) is 12.4. The lowest BCUT2D eigenvalue weighted by molar-refractivity contribution is 0.389. The van der Waals surface area contributed by atoms with Gasteiger partial charge >= 0.3 is 0 Å². The van der Waals surface area contributed by atoms with E-state index in [4.69, 9.17) is 11.6 Å². The number of fused-ring (bicyclic) bond motifs is 1. The third kappa shape index (κ3) is 2.89. The second-order valence-corrected chi connectivity index (χ2v) is 5.80. The first-order valence-corrected chi connectivity index (χ1v) is 6.67. The van der Waals surface area contributed by atoms with Gasteiger partial charge in [-0.1, -0.05) is 23.1 Å². The highest BCUT2D eigenvalue weighted by atomic mass is 35.5. The maximum absolute atomic E-state index is 12.0. The zero-order valence-corrected chi connectivity index (χ0v) is 11.5. The molecule has 2 rings (SSSR count). The van der Waals surface area contributed by atoms with E-state index >= 15 is 0 Å². The molecular weight excluding hydrogens is 256 g/mol. The van der Waals surface area contributed by atoms with Crippen LogP contribution in [0.4, 0.5) is 0 Å². The van der Waals surface area contributed by atoms with Crippen LogP contribution in [0.5, 0.6) is 0 Å². The Bertz CT molecular complexity index is 573. The summed E-state index contributed by atoms with van der Waals surface area (Å²) in [6, 6.07) is 5.42. The number of rotatable bonds is 4. The Morgan fingerprint density at radius 3 is 2.88 bits per heavy atom. The molecule has 0 aliphatic heterocycles. The molecule has 0 atom stereocenters. The van der Waals surface area contributed by atoms with Crippen molar-refractivity contribution in [1.29, 1.82) is 0 Å². The normalized spacial score (nSPS) is 11.5. The number of hydrogen-bond donors (Lipinski definition) is 0. The van der Waals surface area contributed by atoms with Crippen LogP contribution in [0.1, 0.15) is 6.42 Å². The third-order valence-corrected chi connectivity index (χ3v) is 3.91. The fourth-order valence-corrected chi connectivity index (χ4v) is 3.03. The molecule has 0 aliphatic rings. The number of benzene rings is 1. The lowest BCUT2D eigenvalue weighted by Crippen LogP contribution is -2.18. The van der Waals surface area contributed by atoms with Gasteiger partial charge in [-0.25, -0.2) is 0 Å². The molecule has 0 spiro atoms. The topological polar surface area (TPSA) is 25.2 Å². The average Bonchev–Trinajstić information content (AvgIpc) is 2.55. The van der Waals surface area contributed by atoms with Crippen LogP contribution in [0.3, 0.4) is 0 Å². The molecule has 0 bridgehead atoms. The summed E-state index contributed by atoms with van der Waals surface area (Å²) in [5.74, 6) is 0. The highest BCUT2D eigenvalue weighted by Crippen LogP contribution is 2.21. The largest absolute Gasteiger partial charge is 0.309 e. The van der Waals surface area contributed by atoms with E-state index in [0.29, 0.717) is 5.02 Å². The molecule has 0 radical (unpaired) electrons. The van der Waals surface area contributed by atoms with Crippen molar-refractivity contribution in [3.8, 4) is 0 Å². The van der Waals surface area contributed by atoms with E-state index in [-0.39, 0.29) is 5.56 Å². The maximum atomic E-state index is 12.0. The summed E-state index contributed by atoms with van der Waals surface area (Å²) in [7, 11) is 4.07. The van der Waals surface area contributed by atoms with Crippen LogP contribution in [-0.4, -0.2) is 29.5 Å². The second kappa shape index (κ2) is 5.21. The highest BCUT2D eigenvalue weighted by molar-refractivity contribution is 7.13. The van der Waals surface area contributed by atoms with Gasteiger partial charge in [0.15, 0.2) is 0 Å². The minimum Gasteiger partial charge on any atom is -0.309 e. The Labute approximate surface area is 109 Å². The monoisotopic (exact) mass is 270 g/mol. The molecule has 1 aromatic carbocycles. The zero-order valence-electron chi connectivity index (χ0n) is 9.94. The van der Waals surface area contributed by atoms with Gasteiger partial charge in [-0.15, -0.1) is 0 Å². The van der Waals surface area contributed by atoms with E-state index in [0.717, 1.165) is 29.6 Å². The second-order valence-electron chi connectivity index (χ2n) is 4.30. The van der Waals surface area contributed by atoms with E-state index < -0.39 is 0 Å². The van der Waals surface area contributed by atoms with Crippen LogP contribution < -0.4 is 5.56 Å². The van der Waals surface area contributed by atoms with Crippen molar-refractivity contribution in [2.75, 3.05) is 20.6 Å². The molecule has 0 amide bonds. The van der Waals surface area contributed by atoms with Gasteiger partial charge in [0, 0.05) is 11.6 Å². The lowest BCUT2D eigenvalue weighted by atomic mass is 10.3. The van der Waals surface area contributed by atoms with Crippen LogP contribution in [0.2, 0.25) is 5.02 Å². The smallest absolute Gasteiger partial charge is 0.268 e. The highest BCUT2D eigenvalue weighted by Gasteiger charge is 2.07. The van der Waals surface area contributed by atoms with E-state index in [1.54, 1.807) is 12.1 Å². The van der Waals surface area contributed by atoms with Crippen molar-refractivity contribution < 1.29 is 0 Å². The molecule has 92 valence electrons. The third-order valence-electron chi connectivity index (χ3n) is 2.58. The maximum Gasteiger partial charge on any atom is 0.268 e. The summed E-state index contributed by atoms with van der Waals surface area (Å²) >= 11 is 7.41. The molecule has 0 saturated heterocycles. The Hall–Kier alpha value is -0.840. The lowest BCUT2D eigenvalue weighted by Gasteiger charge is -2.08. The summed E-state index contributed by atoms with van der Waals surface area (Å²) in [5.41, 5.74) is 0.0976. The predicted molar refractivity (Wildman–Crippen MR) is 74.3 cm³/mol. The average molecular weight is 271 g/mol. The van der Waals surface area contributed by atoms with Gasteiger partial charge in [0.25, 0.3) is 5.56 Å². The van der Waals surface area contributed by atoms with E-state index in [2.05, 4.69) is 4.90 Å². The summed E-state index contributed by atoms with van der Waals surface area (Å²) < 4.78 is 2.78. The molecule has 2 aromatic rings. The van der Waals surface area contributed by atoms with Crippen molar-refractivity contribution in [1.82, 2.24) is 8.86 Å². The minimum atomic E-state index is 0.0976. The number of nitrogens with zero attached hydrogens (tertiary/aromatic N) is 2. The molecular formula is C12H15ClN2OS. The van der Waals surface area contributed by atoms with Crippen molar-refractivity contribution in [3.63, 3.8) is 0 Å². The predicted octanol–water partition coefficient (Wildman–Crippen LogP) is 2.67. The molecule has 0 aliphatic carbocycles. The van der Waals surface area contributed by atoms with E-state index in [1.165, 1.54) is 11.5 Å². The molecule has 1 aromatic heterocycles. The van der Waals surface area contributed by atoms with Gasteiger partial charge in [-0.3, -0.25) is 8.75 Å². The van der Waals surface area contributed by atoms with Crippen molar-refractivity contribution in [2.24, 2.45) is 0 Å². The summed E-state index contributed by atoms with van der Waals surface area (Å²) in [5, 5.41) is 1.45. The van der Waals surface area contributed by atoms with Crippen molar-refractivity contribution >= 4 is 33.2 Å². The molecule has 1 heterocycles. The molecule has 17 heavy (non-hydrogen) atoms. The van der Waals surface area contributed by atoms with Crippen LogP contribution in [0.15, 0.2) is 23.0 Å². The number of halogens is 1. The fraction of sp³-hybridized carbons (Fsp3) is 0.417. The van der Waals surface area contributed by atoms with Crippen LogP contribution >= 0.6 is 23.1 Å². The van der Waals surface area contributed by atoms with E-state index in [1.807, 2.05) is 24.1 Å². The van der Waals surface area contributed by atoms with Gasteiger partial charge < -0.3 is 4.90 Å². The fourth-order valence-electron chi connectivity index (χ4n) is 1.72. The molecule has 3 nitrogen and oxygen atoms in total. The summed E-state index contributed by atoms with van der Waals surface area (Å²) in [6.45, 7) is 1.76. The molecule has 0 unspecified atom stereocenters. The minimum absolute atomic E-state index is 0.0976. The van der Waals surface area contributed by atoms with Crippen LogP contribution in [0.25, 0.3) is 10.1 Å².